The van der Waals surface area contributed by atoms with Gasteiger partial charge < -0.3 is 14.7 Å². The van der Waals surface area contributed by atoms with E-state index in [9.17, 15) is 18.0 Å². The number of aromatic nitrogens is 4. The molecule has 0 radical (unpaired) electrons. The van der Waals surface area contributed by atoms with E-state index < -0.39 is 17.6 Å². The molecule has 0 spiro atoms. The molecule has 0 aliphatic heterocycles. The number of halogens is 3. The number of nitrogens with one attached hydrogen (secondary N) is 1. The average molecular weight is 495 g/mol. The van der Waals surface area contributed by atoms with E-state index in [-0.39, 0.29) is 35.1 Å². The number of benzene rings is 2. The molecule has 1 amide bonds. The highest BCUT2D eigenvalue weighted by atomic mass is 19.4. The van der Waals surface area contributed by atoms with Crippen LogP contribution in [-0.4, -0.2) is 32.0 Å². The highest BCUT2D eigenvalue weighted by Gasteiger charge is 2.30. The zero-order valence-corrected chi connectivity index (χ0v) is 18.2. The van der Waals surface area contributed by atoms with Gasteiger partial charge in [-0.25, -0.2) is 15.0 Å². The number of hydrazone groups is 1. The number of hydrogen-bond acceptors (Lipinski definition) is 8. The second-order valence-corrected chi connectivity index (χ2v) is 7.58. The predicted molar refractivity (Wildman–Crippen MR) is 122 cm³/mol. The standard InChI is InChI=1S/C23H16F3N7O3/c24-23(25,26)14-5-3-4-13(10-14)18-9-8-15(35-18)11-28-30-19(34)12-33-17-7-2-1-6-16(17)29-22(33)20-21(27)32-36-31-20/h1-11H,12H2,(H2,27,32)(H,30,34)/b28-11-. The van der Waals surface area contributed by atoms with Crippen LogP contribution in [0.5, 0.6) is 0 Å². The first-order valence-corrected chi connectivity index (χ1v) is 10.4. The minimum absolute atomic E-state index is 0.0272. The van der Waals surface area contributed by atoms with Crippen molar-refractivity contribution in [2.75, 3.05) is 5.73 Å². The quantitative estimate of drug-likeness (QED) is 0.267. The summed E-state index contributed by atoms with van der Waals surface area (Å²) in [4.78, 5) is 17.1. The Hall–Kier alpha value is -4.94. The molecule has 0 saturated heterocycles. The molecule has 0 aliphatic carbocycles. The number of nitrogen functional groups attached to an aromatic ring is 1. The third-order valence-corrected chi connectivity index (χ3v) is 5.16. The highest BCUT2D eigenvalue weighted by molar-refractivity contribution is 5.86. The number of nitrogens with zero attached hydrogens (tertiary/aromatic N) is 5. The van der Waals surface area contributed by atoms with Crippen LogP contribution in [0, 0.1) is 0 Å². The lowest BCUT2D eigenvalue weighted by molar-refractivity contribution is -0.137. The van der Waals surface area contributed by atoms with Crippen molar-refractivity contribution >= 4 is 29.0 Å². The summed E-state index contributed by atoms with van der Waals surface area (Å²) in [7, 11) is 0. The lowest BCUT2D eigenvalue weighted by Crippen LogP contribution is -2.23. The van der Waals surface area contributed by atoms with E-state index in [1.54, 1.807) is 28.8 Å². The molecule has 0 aliphatic rings. The third kappa shape index (κ3) is 4.53. The lowest BCUT2D eigenvalue weighted by Gasteiger charge is -2.07. The van der Waals surface area contributed by atoms with Gasteiger partial charge in [0.25, 0.3) is 5.91 Å². The van der Waals surface area contributed by atoms with Gasteiger partial charge >= 0.3 is 6.18 Å². The minimum Gasteiger partial charge on any atom is -0.455 e. The van der Waals surface area contributed by atoms with Crippen LogP contribution in [0.4, 0.5) is 19.0 Å². The number of carbonyl (C=O) groups is 1. The van der Waals surface area contributed by atoms with Crippen molar-refractivity contribution in [2.24, 2.45) is 5.10 Å². The van der Waals surface area contributed by atoms with Crippen LogP contribution in [0.2, 0.25) is 0 Å². The molecule has 2 aromatic carbocycles. The van der Waals surface area contributed by atoms with Gasteiger partial charge in [0, 0.05) is 5.56 Å². The van der Waals surface area contributed by atoms with Gasteiger partial charge in [0.05, 0.1) is 22.8 Å². The van der Waals surface area contributed by atoms with Crippen molar-refractivity contribution in [3.05, 3.63) is 72.0 Å². The van der Waals surface area contributed by atoms with E-state index in [2.05, 4.69) is 30.5 Å². The fraction of sp³-hybridized carbons (Fsp3) is 0.0870. The van der Waals surface area contributed by atoms with Crippen LogP contribution < -0.4 is 11.2 Å². The summed E-state index contributed by atoms with van der Waals surface area (Å²) in [5, 5.41) is 11.2. The Labute approximate surface area is 200 Å². The molecule has 0 unspecified atom stereocenters. The summed E-state index contributed by atoms with van der Waals surface area (Å²) in [6.07, 6.45) is -3.23. The average Bonchev–Trinajstić information content (AvgIpc) is 3.58. The van der Waals surface area contributed by atoms with Crippen molar-refractivity contribution in [3.8, 4) is 22.8 Å². The molecule has 3 aromatic heterocycles. The van der Waals surface area contributed by atoms with Gasteiger partial charge in [0.1, 0.15) is 18.1 Å². The van der Waals surface area contributed by atoms with Gasteiger partial charge in [0.2, 0.25) is 0 Å². The Morgan fingerprint density at radius 1 is 1.11 bits per heavy atom. The smallest absolute Gasteiger partial charge is 0.416 e. The first-order chi connectivity index (χ1) is 17.3. The lowest BCUT2D eigenvalue weighted by atomic mass is 10.1. The zero-order chi connectivity index (χ0) is 25.3. The molecule has 0 atom stereocenters. The Bertz CT molecular complexity index is 1580. The number of para-hydroxylation sites is 2. The SMILES string of the molecule is Nc1nonc1-c1nc2ccccc2n1CC(=O)N/N=C\c1ccc(-c2cccc(C(F)(F)F)c2)o1. The number of alkyl halides is 3. The maximum absolute atomic E-state index is 13.0. The van der Waals surface area contributed by atoms with Crippen molar-refractivity contribution in [1.82, 2.24) is 25.3 Å². The normalized spacial score (nSPS) is 12.0. The fourth-order valence-corrected chi connectivity index (χ4v) is 3.54. The van der Waals surface area contributed by atoms with Gasteiger partial charge in [0.15, 0.2) is 17.3 Å². The molecule has 182 valence electrons. The summed E-state index contributed by atoms with van der Waals surface area (Å²) < 4.78 is 50.7. The zero-order valence-electron chi connectivity index (χ0n) is 18.2. The summed E-state index contributed by atoms with van der Waals surface area (Å²) in [6, 6.07) is 15.0. The number of anilines is 1. The fourth-order valence-electron chi connectivity index (χ4n) is 3.54. The second kappa shape index (κ2) is 9.02. The van der Waals surface area contributed by atoms with E-state index in [0.717, 1.165) is 12.1 Å². The summed E-state index contributed by atoms with van der Waals surface area (Å²) >= 11 is 0. The number of imidazole rings is 1. The van der Waals surface area contributed by atoms with Gasteiger partial charge in [-0.15, -0.1) is 0 Å². The molecule has 0 fully saturated rings. The highest BCUT2D eigenvalue weighted by Crippen LogP contribution is 2.32. The molecule has 13 heteroatoms. The van der Waals surface area contributed by atoms with E-state index in [1.165, 1.54) is 30.5 Å². The first-order valence-electron chi connectivity index (χ1n) is 10.4. The Morgan fingerprint density at radius 3 is 2.72 bits per heavy atom. The topological polar surface area (TPSA) is 137 Å². The van der Waals surface area contributed by atoms with Crippen LogP contribution in [0.3, 0.4) is 0 Å². The number of rotatable bonds is 6. The molecular weight excluding hydrogens is 479 g/mol. The van der Waals surface area contributed by atoms with Crippen LogP contribution >= 0.6 is 0 Å². The van der Waals surface area contributed by atoms with E-state index in [0.29, 0.717) is 16.9 Å². The molecule has 5 rings (SSSR count). The molecule has 10 nitrogen and oxygen atoms in total. The number of nitrogens with two attached hydrogens (primary N) is 1. The monoisotopic (exact) mass is 495 g/mol. The Kier molecular flexibility index (Phi) is 5.72. The predicted octanol–water partition coefficient (Wildman–Crippen LogP) is 4.10. The second-order valence-electron chi connectivity index (χ2n) is 7.58. The van der Waals surface area contributed by atoms with Gasteiger partial charge in [-0.3, -0.25) is 4.79 Å². The van der Waals surface area contributed by atoms with E-state index in [1.807, 2.05) is 0 Å². The van der Waals surface area contributed by atoms with Crippen molar-refractivity contribution < 1.29 is 27.0 Å². The molecule has 3 heterocycles. The number of amides is 1. The van der Waals surface area contributed by atoms with Gasteiger partial charge in [-0.2, -0.15) is 18.3 Å². The van der Waals surface area contributed by atoms with Gasteiger partial charge in [-0.1, -0.05) is 24.3 Å². The molecule has 3 N–H and O–H groups in total. The van der Waals surface area contributed by atoms with Gasteiger partial charge in [-0.05, 0) is 46.7 Å². The Balaban J connectivity index is 1.30. The summed E-state index contributed by atoms with van der Waals surface area (Å²) in [5.74, 6) is 0.292. The van der Waals surface area contributed by atoms with Crippen LogP contribution in [0.1, 0.15) is 11.3 Å². The third-order valence-electron chi connectivity index (χ3n) is 5.16. The molecular formula is C23H16F3N7O3. The van der Waals surface area contributed by atoms with Crippen LogP contribution in [-0.2, 0) is 17.5 Å². The Morgan fingerprint density at radius 2 is 1.94 bits per heavy atom. The van der Waals surface area contributed by atoms with Crippen LogP contribution in [0.25, 0.3) is 33.9 Å². The van der Waals surface area contributed by atoms with E-state index >= 15 is 0 Å². The van der Waals surface area contributed by atoms with Crippen molar-refractivity contribution in [2.45, 2.75) is 12.7 Å². The number of hydrogen-bond donors (Lipinski definition) is 2. The van der Waals surface area contributed by atoms with Crippen LogP contribution in [0.15, 0.2) is 74.8 Å². The minimum atomic E-state index is -4.46. The molecule has 0 bridgehead atoms. The van der Waals surface area contributed by atoms with E-state index in [4.69, 9.17) is 10.2 Å². The molecule has 0 saturated carbocycles. The summed E-state index contributed by atoms with van der Waals surface area (Å²) in [5.41, 5.74) is 9.13. The van der Waals surface area contributed by atoms with Crippen molar-refractivity contribution in [1.29, 1.82) is 0 Å². The number of furan rings is 1. The maximum atomic E-state index is 13.0. The summed E-state index contributed by atoms with van der Waals surface area (Å²) in [6.45, 7) is -0.173. The number of carbonyl (C=O) groups excluding carboxylic acids is 1. The first kappa shape index (κ1) is 22.8. The number of fused-ring (bicyclic) bond motifs is 1. The molecule has 36 heavy (non-hydrogen) atoms. The maximum Gasteiger partial charge on any atom is 0.416 e. The van der Waals surface area contributed by atoms with Crippen molar-refractivity contribution in [3.63, 3.8) is 0 Å². The molecule has 5 aromatic rings. The largest absolute Gasteiger partial charge is 0.455 e.